The van der Waals surface area contributed by atoms with E-state index in [1.54, 1.807) is 0 Å². The number of esters is 2. The topological polar surface area (TPSA) is 69.7 Å². The summed E-state index contributed by atoms with van der Waals surface area (Å²) in [7, 11) is 2.64. The molecule has 5 nitrogen and oxygen atoms in total. The molecule has 0 fully saturated rings. The molecule has 0 aliphatic heterocycles. The Hall–Kier alpha value is -2.17. The van der Waals surface area contributed by atoms with E-state index in [1.165, 1.54) is 14.2 Å². The Balaban J connectivity index is 1.88. The predicted molar refractivity (Wildman–Crippen MR) is 84.6 cm³/mol. The molecule has 126 valence electrons. The minimum Gasteiger partial charge on any atom is -0.466 e. The largest absolute Gasteiger partial charge is 0.466 e. The molecule has 0 aromatic rings. The second-order valence-electron chi connectivity index (χ2n) is 7.49. The van der Waals surface area contributed by atoms with Gasteiger partial charge in [0.15, 0.2) is 0 Å². The molecule has 0 amide bonds. The van der Waals surface area contributed by atoms with Crippen molar-refractivity contribution < 1.29 is 23.9 Å². The third-order valence-electron chi connectivity index (χ3n) is 6.21. The summed E-state index contributed by atoms with van der Waals surface area (Å²) in [5.74, 6) is -1.41. The molecule has 5 rings (SSSR count). The Morgan fingerprint density at radius 3 is 2.08 bits per heavy atom. The molecule has 0 heterocycles. The highest BCUT2D eigenvalue weighted by molar-refractivity contribution is 6.05. The van der Waals surface area contributed by atoms with Gasteiger partial charge in [-0.2, -0.15) is 0 Å². The Morgan fingerprint density at radius 2 is 1.54 bits per heavy atom. The first-order valence-electron chi connectivity index (χ1n) is 8.21. The summed E-state index contributed by atoms with van der Waals surface area (Å²) in [4.78, 5) is 37.5. The maximum Gasteiger partial charge on any atom is 0.334 e. The Labute approximate surface area is 140 Å². The van der Waals surface area contributed by atoms with Crippen LogP contribution in [0.4, 0.5) is 0 Å². The summed E-state index contributed by atoms with van der Waals surface area (Å²) in [6.45, 7) is 3.93. The van der Waals surface area contributed by atoms with E-state index in [9.17, 15) is 14.4 Å². The van der Waals surface area contributed by atoms with Gasteiger partial charge in [0, 0.05) is 23.2 Å². The summed E-state index contributed by atoms with van der Waals surface area (Å²) < 4.78 is 9.84. The lowest BCUT2D eigenvalue weighted by Crippen LogP contribution is -2.47. The number of allylic oxidation sites excluding steroid dienone is 4. The molecule has 5 heteroatoms. The van der Waals surface area contributed by atoms with Gasteiger partial charge in [-0.1, -0.05) is 31.6 Å². The number of rotatable bonds is 2. The van der Waals surface area contributed by atoms with Crippen molar-refractivity contribution in [2.45, 2.75) is 20.3 Å². The van der Waals surface area contributed by atoms with Gasteiger partial charge in [0.1, 0.15) is 5.78 Å². The van der Waals surface area contributed by atoms with Crippen molar-refractivity contribution in [3.63, 3.8) is 0 Å². The van der Waals surface area contributed by atoms with Crippen LogP contribution >= 0.6 is 0 Å². The molecule has 4 bridgehead atoms. The fourth-order valence-corrected chi connectivity index (χ4v) is 5.17. The molecule has 0 unspecified atom stereocenters. The first-order valence-corrected chi connectivity index (χ1v) is 8.21. The average Bonchev–Trinajstić information content (AvgIpc) is 3.14. The van der Waals surface area contributed by atoms with Crippen molar-refractivity contribution in [3.8, 4) is 0 Å². The summed E-state index contributed by atoms with van der Waals surface area (Å²) in [5, 5.41) is 0. The number of ketones is 1. The average molecular weight is 328 g/mol. The van der Waals surface area contributed by atoms with Crippen LogP contribution in [0, 0.1) is 29.1 Å². The van der Waals surface area contributed by atoms with Gasteiger partial charge < -0.3 is 9.47 Å². The quantitative estimate of drug-likeness (QED) is 0.573. The molecule has 0 aromatic heterocycles. The highest BCUT2D eigenvalue weighted by Gasteiger charge is 2.60. The molecule has 5 aliphatic rings. The van der Waals surface area contributed by atoms with Crippen LogP contribution in [0.3, 0.4) is 0 Å². The molecule has 24 heavy (non-hydrogen) atoms. The maximum absolute atomic E-state index is 12.8. The zero-order valence-electron chi connectivity index (χ0n) is 14.2. The van der Waals surface area contributed by atoms with Crippen LogP contribution < -0.4 is 0 Å². The van der Waals surface area contributed by atoms with Gasteiger partial charge in [0.2, 0.25) is 0 Å². The first-order chi connectivity index (χ1) is 11.3. The Bertz CT molecular complexity index is 780. The number of hydrogen-bond acceptors (Lipinski definition) is 5. The Kier molecular flexibility index (Phi) is 3.00. The van der Waals surface area contributed by atoms with Crippen LogP contribution in [0.1, 0.15) is 20.3 Å². The van der Waals surface area contributed by atoms with E-state index in [2.05, 4.69) is 6.08 Å². The van der Waals surface area contributed by atoms with Gasteiger partial charge in [-0.15, -0.1) is 0 Å². The fraction of sp³-hybridized carbons (Fsp3) is 0.526. The molecule has 0 radical (unpaired) electrons. The molecule has 0 N–H and O–H groups in total. The van der Waals surface area contributed by atoms with Gasteiger partial charge in [0.05, 0.1) is 31.3 Å². The molecular weight excluding hydrogens is 308 g/mol. The zero-order valence-corrected chi connectivity index (χ0v) is 14.2. The van der Waals surface area contributed by atoms with E-state index in [0.29, 0.717) is 17.6 Å². The van der Waals surface area contributed by atoms with Crippen LogP contribution in [0.25, 0.3) is 0 Å². The van der Waals surface area contributed by atoms with Crippen LogP contribution in [-0.4, -0.2) is 31.9 Å². The summed E-state index contributed by atoms with van der Waals surface area (Å²) in [6, 6.07) is 0. The molecule has 0 aromatic carbocycles. The number of hydrogen-bond donors (Lipinski definition) is 0. The van der Waals surface area contributed by atoms with E-state index in [-0.39, 0.29) is 29.5 Å². The first kappa shape index (κ1) is 15.4. The van der Waals surface area contributed by atoms with Gasteiger partial charge in [0.25, 0.3) is 0 Å². The van der Waals surface area contributed by atoms with Crippen molar-refractivity contribution in [1.29, 1.82) is 0 Å². The molecular formula is C19H20O5. The smallest absolute Gasteiger partial charge is 0.334 e. The van der Waals surface area contributed by atoms with E-state index < -0.39 is 17.4 Å². The molecule has 0 saturated heterocycles. The minimum absolute atomic E-state index is 0.0150. The summed E-state index contributed by atoms with van der Waals surface area (Å²) in [5.41, 5.74) is 2.53. The number of fused-ring (bicyclic) bond motifs is 3. The number of methoxy groups -OCH3 is 2. The number of Topliss-reactive ketones (excluding diaryl/α,β-unsaturated/α-hetero) is 1. The highest BCUT2D eigenvalue weighted by Crippen LogP contribution is 2.64. The molecule has 0 spiro atoms. The van der Waals surface area contributed by atoms with Gasteiger partial charge in [-0.3, -0.25) is 4.79 Å². The lowest BCUT2D eigenvalue weighted by Gasteiger charge is -2.47. The minimum atomic E-state index is -0.494. The van der Waals surface area contributed by atoms with Crippen molar-refractivity contribution >= 4 is 17.7 Å². The predicted octanol–water partition coefficient (Wildman–Crippen LogP) is 1.99. The lowest BCUT2D eigenvalue weighted by molar-refractivity contribution is -0.140. The van der Waals surface area contributed by atoms with E-state index >= 15 is 0 Å². The zero-order chi connectivity index (χ0) is 17.4. The second kappa shape index (κ2) is 4.68. The van der Waals surface area contributed by atoms with Gasteiger partial charge in [-0.25, -0.2) is 9.59 Å². The highest BCUT2D eigenvalue weighted by atomic mass is 16.5. The molecule has 0 saturated carbocycles. The summed E-state index contributed by atoms with van der Waals surface area (Å²) in [6.07, 6.45) is 4.72. The maximum atomic E-state index is 12.8. The molecule has 5 aliphatic carbocycles. The normalized spacial score (nSPS) is 34.8. The standard InChI is InChI=1S/C19H20O5/c1-19(2)11-6-5-8(16(19)20)12-9-7-10(13(11)12)15(18(22)24-4)14(9)17(21)23-3/h5-6,8-11H,7H2,1-4H3/t8-,9-,10+,11+/m0/s1. The number of ether oxygens (including phenoxy) is 2. The van der Waals surface area contributed by atoms with Crippen LogP contribution in [0.5, 0.6) is 0 Å². The fourth-order valence-electron chi connectivity index (χ4n) is 5.17. The van der Waals surface area contributed by atoms with Gasteiger partial charge in [-0.05, 0) is 12.0 Å². The van der Waals surface area contributed by atoms with Gasteiger partial charge >= 0.3 is 11.9 Å². The van der Waals surface area contributed by atoms with Crippen LogP contribution in [0.15, 0.2) is 34.4 Å². The number of carbonyl (C=O) groups is 3. The van der Waals surface area contributed by atoms with E-state index in [1.807, 2.05) is 19.9 Å². The lowest BCUT2D eigenvalue weighted by atomic mass is 9.55. The Morgan fingerprint density at radius 1 is 1.00 bits per heavy atom. The van der Waals surface area contributed by atoms with Crippen molar-refractivity contribution in [2.24, 2.45) is 29.1 Å². The number of carbonyl (C=O) groups excluding carboxylic acids is 3. The third kappa shape index (κ3) is 1.57. The van der Waals surface area contributed by atoms with Crippen molar-refractivity contribution in [3.05, 3.63) is 34.4 Å². The van der Waals surface area contributed by atoms with Crippen LogP contribution in [0.2, 0.25) is 0 Å². The summed E-state index contributed by atoms with van der Waals surface area (Å²) >= 11 is 0. The van der Waals surface area contributed by atoms with Crippen molar-refractivity contribution in [1.82, 2.24) is 0 Å². The molecule has 4 atom stereocenters. The van der Waals surface area contributed by atoms with E-state index in [4.69, 9.17) is 9.47 Å². The van der Waals surface area contributed by atoms with Crippen LogP contribution in [-0.2, 0) is 23.9 Å². The monoisotopic (exact) mass is 328 g/mol. The SMILES string of the molecule is COC(=O)C1=C(C(=O)OC)[C@@H]2C[C@H]1C1=C2[C@H]2C=C[C@@H]1C(=O)C2(C)C. The van der Waals surface area contributed by atoms with Crippen molar-refractivity contribution in [2.75, 3.05) is 14.2 Å². The third-order valence-corrected chi connectivity index (χ3v) is 6.21. The van der Waals surface area contributed by atoms with E-state index in [0.717, 1.165) is 11.1 Å². The second-order valence-corrected chi connectivity index (χ2v) is 7.49.